The Labute approximate surface area is 211 Å². The van der Waals surface area contributed by atoms with E-state index in [1.54, 1.807) is 0 Å². The summed E-state index contributed by atoms with van der Waals surface area (Å²) in [6.45, 7) is 22.1. The van der Waals surface area contributed by atoms with Crippen molar-refractivity contribution in [2.75, 3.05) is 32.8 Å². The van der Waals surface area contributed by atoms with Crippen LogP contribution in [0, 0.1) is 22.7 Å². The molecule has 0 aromatic heterocycles. The number of phenolic OH excluding ortho intramolecular Hbond substituents is 1. The summed E-state index contributed by atoms with van der Waals surface area (Å²) in [5, 5.41) is 9.73. The first kappa shape index (κ1) is 29.2. The molecule has 0 aliphatic carbocycles. The minimum absolute atomic E-state index is 0.339. The third kappa shape index (κ3) is 10.3. The number of morpholine rings is 1. The van der Waals surface area contributed by atoms with Gasteiger partial charge in [-0.25, -0.2) is 0 Å². The molecule has 0 radical (unpaired) electrons. The molecule has 1 aliphatic rings. The smallest absolute Gasteiger partial charge is 0.115 e. The van der Waals surface area contributed by atoms with E-state index in [1.807, 2.05) is 12.1 Å². The Hall–Kier alpha value is -1.06. The van der Waals surface area contributed by atoms with Gasteiger partial charge in [0, 0.05) is 19.6 Å². The average molecular weight is 474 g/mol. The Morgan fingerprint density at radius 2 is 1.38 bits per heavy atom. The van der Waals surface area contributed by atoms with Gasteiger partial charge in [-0.2, -0.15) is 0 Å². The number of aromatic hydroxyl groups is 1. The molecule has 1 aliphatic heterocycles. The minimum atomic E-state index is 0.339. The van der Waals surface area contributed by atoms with Gasteiger partial charge in [-0.1, -0.05) is 79.9 Å². The van der Waals surface area contributed by atoms with Crippen LogP contribution >= 0.6 is 0 Å². The summed E-state index contributed by atoms with van der Waals surface area (Å²) in [7, 11) is 0. The predicted octanol–water partition coefficient (Wildman–Crippen LogP) is 8.27. The van der Waals surface area contributed by atoms with E-state index in [9.17, 15) is 5.11 Å². The Kier molecular flexibility index (Phi) is 11.9. The minimum Gasteiger partial charge on any atom is -0.508 e. The lowest BCUT2D eigenvalue weighted by molar-refractivity contribution is 0.0181. The first-order chi connectivity index (χ1) is 16.0. The van der Waals surface area contributed by atoms with Crippen LogP contribution in [0.2, 0.25) is 0 Å². The van der Waals surface area contributed by atoms with E-state index >= 15 is 0 Å². The predicted molar refractivity (Wildman–Crippen MR) is 147 cm³/mol. The summed E-state index contributed by atoms with van der Waals surface area (Å²) in [4.78, 5) is 2.62. The van der Waals surface area contributed by atoms with Crippen LogP contribution in [0.25, 0.3) is 0 Å². The second-order valence-electron chi connectivity index (χ2n) is 13.0. The third-order valence-electron chi connectivity index (χ3n) is 8.27. The molecule has 1 fully saturated rings. The van der Waals surface area contributed by atoms with E-state index in [-0.39, 0.29) is 0 Å². The van der Waals surface area contributed by atoms with Crippen LogP contribution < -0.4 is 0 Å². The first-order valence-electron chi connectivity index (χ1n) is 14.1. The Morgan fingerprint density at radius 1 is 0.794 bits per heavy atom. The first-order valence-corrected chi connectivity index (χ1v) is 14.1. The summed E-state index contributed by atoms with van der Waals surface area (Å²) in [5.41, 5.74) is 2.09. The molecule has 0 spiro atoms. The normalized spacial score (nSPS) is 18.6. The van der Waals surface area contributed by atoms with E-state index in [2.05, 4.69) is 65.5 Å². The number of rotatable bonds is 13. The molecular formula is C31H55NO2. The van der Waals surface area contributed by atoms with Gasteiger partial charge in [0.2, 0.25) is 0 Å². The Morgan fingerprint density at radius 3 is 1.94 bits per heavy atom. The Bertz CT molecular complexity index is 664. The maximum absolute atomic E-state index is 9.73. The van der Waals surface area contributed by atoms with Crippen molar-refractivity contribution in [3.8, 4) is 5.75 Å². The van der Waals surface area contributed by atoms with Crippen LogP contribution in [0.3, 0.4) is 0 Å². The van der Waals surface area contributed by atoms with Gasteiger partial charge in [0.25, 0.3) is 0 Å². The number of ether oxygens (including phenoxy) is 1. The SMILES string of the molecule is CCCCC(CCC(CCCC(CN1CCOCC1)C(C)(C)C)C(C)(C)C)c1ccc(O)cc1. The standard InChI is InChI=1S/C31H55NO2/c1-8-9-11-25(26-15-18-29(33)19-16-26)14-17-27(30(2,3)4)12-10-13-28(31(5,6)7)24-32-20-22-34-23-21-32/h15-16,18-19,25,27-28,33H,8-14,17,20-24H2,1-7H3. The summed E-state index contributed by atoms with van der Waals surface area (Å²) in [5.74, 6) is 2.46. The highest BCUT2D eigenvalue weighted by molar-refractivity contribution is 5.28. The summed E-state index contributed by atoms with van der Waals surface area (Å²) in [6.07, 6.45) is 10.3. The molecule has 34 heavy (non-hydrogen) atoms. The van der Waals surface area contributed by atoms with Crippen molar-refractivity contribution in [2.45, 2.75) is 106 Å². The van der Waals surface area contributed by atoms with Crippen molar-refractivity contribution in [2.24, 2.45) is 22.7 Å². The maximum atomic E-state index is 9.73. The van der Waals surface area contributed by atoms with Gasteiger partial charge in [0.05, 0.1) is 13.2 Å². The van der Waals surface area contributed by atoms with Crippen molar-refractivity contribution in [3.63, 3.8) is 0 Å². The number of phenols is 1. The molecule has 1 N–H and O–H groups in total. The quantitative estimate of drug-likeness (QED) is 0.313. The zero-order valence-electron chi connectivity index (χ0n) is 23.5. The topological polar surface area (TPSA) is 32.7 Å². The van der Waals surface area contributed by atoms with Crippen molar-refractivity contribution < 1.29 is 9.84 Å². The van der Waals surface area contributed by atoms with Crippen LogP contribution in [0.15, 0.2) is 24.3 Å². The van der Waals surface area contributed by atoms with Crippen LogP contribution in [-0.2, 0) is 4.74 Å². The second kappa shape index (κ2) is 13.9. The summed E-state index contributed by atoms with van der Waals surface area (Å²) >= 11 is 0. The lowest BCUT2D eigenvalue weighted by Crippen LogP contribution is -2.42. The van der Waals surface area contributed by atoms with Gasteiger partial charge in [-0.15, -0.1) is 0 Å². The third-order valence-corrected chi connectivity index (χ3v) is 8.27. The number of hydrogen-bond acceptors (Lipinski definition) is 3. The molecule has 3 heteroatoms. The van der Waals surface area contributed by atoms with Crippen molar-refractivity contribution in [1.82, 2.24) is 4.90 Å². The number of unbranched alkanes of at least 4 members (excludes halogenated alkanes) is 1. The monoisotopic (exact) mass is 473 g/mol. The number of hydrogen-bond donors (Lipinski definition) is 1. The fraction of sp³-hybridized carbons (Fsp3) is 0.806. The summed E-state index contributed by atoms with van der Waals surface area (Å²) < 4.78 is 5.57. The second-order valence-corrected chi connectivity index (χ2v) is 13.0. The molecule has 3 nitrogen and oxygen atoms in total. The molecule has 0 saturated carbocycles. The average Bonchev–Trinajstić information content (AvgIpc) is 2.77. The molecular weight excluding hydrogens is 418 g/mol. The molecule has 1 heterocycles. The van der Waals surface area contributed by atoms with E-state index < -0.39 is 0 Å². The van der Waals surface area contributed by atoms with Crippen LogP contribution in [0.4, 0.5) is 0 Å². The van der Waals surface area contributed by atoms with Gasteiger partial charge < -0.3 is 9.84 Å². The largest absolute Gasteiger partial charge is 0.508 e. The lowest BCUT2D eigenvalue weighted by Gasteiger charge is -2.38. The van der Waals surface area contributed by atoms with E-state index in [0.29, 0.717) is 22.5 Å². The summed E-state index contributed by atoms with van der Waals surface area (Å²) in [6, 6.07) is 8.00. The molecule has 1 aromatic rings. The highest BCUT2D eigenvalue weighted by Gasteiger charge is 2.29. The van der Waals surface area contributed by atoms with Crippen molar-refractivity contribution >= 4 is 0 Å². The van der Waals surface area contributed by atoms with Crippen molar-refractivity contribution in [3.05, 3.63) is 29.8 Å². The fourth-order valence-corrected chi connectivity index (χ4v) is 5.59. The van der Waals surface area contributed by atoms with Crippen LogP contribution in [0.5, 0.6) is 5.75 Å². The molecule has 3 unspecified atom stereocenters. The van der Waals surface area contributed by atoms with E-state index in [1.165, 1.54) is 63.5 Å². The highest BCUT2D eigenvalue weighted by atomic mass is 16.5. The number of nitrogens with zero attached hydrogens (tertiary/aromatic N) is 1. The van der Waals surface area contributed by atoms with Gasteiger partial charge in [0.1, 0.15) is 5.75 Å². The van der Waals surface area contributed by atoms with Gasteiger partial charge in [0.15, 0.2) is 0 Å². The Balaban J connectivity index is 1.96. The van der Waals surface area contributed by atoms with E-state index in [0.717, 1.165) is 38.1 Å². The van der Waals surface area contributed by atoms with E-state index in [4.69, 9.17) is 4.74 Å². The van der Waals surface area contributed by atoms with Gasteiger partial charge in [-0.05, 0) is 78.4 Å². The lowest BCUT2D eigenvalue weighted by atomic mass is 9.72. The molecule has 1 aromatic carbocycles. The maximum Gasteiger partial charge on any atom is 0.115 e. The highest BCUT2D eigenvalue weighted by Crippen LogP contribution is 2.39. The molecule has 0 amide bonds. The zero-order valence-corrected chi connectivity index (χ0v) is 23.5. The van der Waals surface area contributed by atoms with Crippen molar-refractivity contribution in [1.29, 1.82) is 0 Å². The zero-order chi connectivity index (χ0) is 25.2. The molecule has 1 saturated heterocycles. The molecule has 0 bridgehead atoms. The molecule has 196 valence electrons. The molecule has 2 rings (SSSR count). The van der Waals surface area contributed by atoms with Gasteiger partial charge in [-0.3, -0.25) is 4.90 Å². The van der Waals surface area contributed by atoms with Gasteiger partial charge >= 0.3 is 0 Å². The number of benzene rings is 1. The fourth-order valence-electron chi connectivity index (χ4n) is 5.59. The van der Waals surface area contributed by atoms with Crippen LogP contribution in [0.1, 0.15) is 111 Å². The van der Waals surface area contributed by atoms with Crippen LogP contribution in [-0.4, -0.2) is 42.9 Å². The molecule has 3 atom stereocenters.